The summed E-state index contributed by atoms with van der Waals surface area (Å²) in [6.45, 7) is 5.27. The average Bonchev–Trinajstić information content (AvgIpc) is 3.19. The zero-order valence-corrected chi connectivity index (χ0v) is 12.7. The molecule has 6 nitrogen and oxygen atoms in total. The first kappa shape index (κ1) is 13.5. The minimum absolute atomic E-state index is 0.552. The van der Waals surface area contributed by atoms with Gasteiger partial charge in [-0.05, 0) is 38.9 Å². The highest BCUT2D eigenvalue weighted by atomic mass is 15.2. The Morgan fingerprint density at radius 1 is 1.32 bits per heavy atom. The maximum atomic E-state index is 4.79. The van der Waals surface area contributed by atoms with E-state index < -0.39 is 0 Å². The predicted molar refractivity (Wildman–Crippen MR) is 83.6 cm³/mol. The third-order valence-electron chi connectivity index (χ3n) is 4.51. The van der Waals surface area contributed by atoms with E-state index in [1.54, 1.807) is 6.33 Å². The van der Waals surface area contributed by atoms with Crippen LogP contribution in [0.4, 0.5) is 0 Å². The SMILES string of the molecule is Cc1cc(C2CCN(Cc3cnc[nH]3)CC2)nc2ccnn12. The molecular weight excluding hydrogens is 276 g/mol. The standard InChI is InChI=1S/C16H20N6/c1-12-8-15(20-16-2-5-19-22(12)16)13-3-6-21(7-4-13)10-14-9-17-11-18-14/h2,5,8-9,11,13H,3-4,6-7,10H2,1H3,(H,17,18). The number of fused-ring (bicyclic) bond motifs is 1. The molecule has 0 bridgehead atoms. The molecule has 22 heavy (non-hydrogen) atoms. The number of likely N-dealkylation sites (tertiary alicyclic amines) is 1. The van der Waals surface area contributed by atoms with Crippen molar-refractivity contribution in [2.75, 3.05) is 13.1 Å². The topological polar surface area (TPSA) is 62.1 Å². The van der Waals surface area contributed by atoms with Gasteiger partial charge in [0.15, 0.2) is 5.65 Å². The highest BCUT2D eigenvalue weighted by Crippen LogP contribution is 2.28. The predicted octanol–water partition coefficient (Wildman–Crippen LogP) is 2.14. The van der Waals surface area contributed by atoms with Crippen molar-refractivity contribution < 1.29 is 0 Å². The average molecular weight is 296 g/mol. The molecule has 0 spiro atoms. The van der Waals surface area contributed by atoms with Gasteiger partial charge in [0.2, 0.25) is 0 Å². The largest absolute Gasteiger partial charge is 0.347 e. The Balaban J connectivity index is 1.46. The van der Waals surface area contributed by atoms with Crippen LogP contribution in [0, 0.1) is 6.92 Å². The van der Waals surface area contributed by atoms with Crippen LogP contribution in [0.5, 0.6) is 0 Å². The molecule has 1 aliphatic heterocycles. The van der Waals surface area contributed by atoms with Gasteiger partial charge in [0.05, 0.1) is 12.5 Å². The molecule has 1 N–H and O–H groups in total. The smallest absolute Gasteiger partial charge is 0.155 e. The summed E-state index contributed by atoms with van der Waals surface area (Å²) in [4.78, 5) is 14.5. The number of hydrogen-bond donors (Lipinski definition) is 1. The second kappa shape index (κ2) is 5.53. The fourth-order valence-corrected chi connectivity index (χ4v) is 3.30. The lowest BCUT2D eigenvalue weighted by molar-refractivity contribution is 0.201. The fraction of sp³-hybridized carbons (Fsp3) is 0.438. The monoisotopic (exact) mass is 296 g/mol. The normalized spacial score (nSPS) is 17.3. The Labute approximate surface area is 129 Å². The van der Waals surface area contributed by atoms with E-state index in [0.717, 1.165) is 43.8 Å². The summed E-state index contributed by atoms with van der Waals surface area (Å²) in [5, 5.41) is 4.29. The number of aromatic amines is 1. The highest BCUT2D eigenvalue weighted by molar-refractivity contribution is 5.39. The molecule has 0 aliphatic carbocycles. The van der Waals surface area contributed by atoms with Crippen LogP contribution in [0.3, 0.4) is 0 Å². The molecule has 1 aliphatic rings. The van der Waals surface area contributed by atoms with E-state index in [2.05, 4.69) is 33.0 Å². The molecule has 3 aromatic heterocycles. The van der Waals surface area contributed by atoms with E-state index in [-0.39, 0.29) is 0 Å². The number of piperidine rings is 1. The molecule has 0 amide bonds. The number of rotatable bonds is 3. The van der Waals surface area contributed by atoms with Crippen molar-refractivity contribution in [2.45, 2.75) is 32.2 Å². The summed E-state index contributed by atoms with van der Waals surface area (Å²) in [7, 11) is 0. The molecule has 0 atom stereocenters. The maximum Gasteiger partial charge on any atom is 0.155 e. The van der Waals surface area contributed by atoms with E-state index in [0.29, 0.717) is 5.92 Å². The van der Waals surface area contributed by atoms with Gasteiger partial charge in [0.1, 0.15) is 0 Å². The van der Waals surface area contributed by atoms with Crippen LogP contribution in [0.2, 0.25) is 0 Å². The number of nitrogens with one attached hydrogen (secondary N) is 1. The summed E-state index contributed by atoms with van der Waals surface area (Å²) < 4.78 is 1.90. The summed E-state index contributed by atoms with van der Waals surface area (Å²) in [5.41, 5.74) is 4.51. The van der Waals surface area contributed by atoms with E-state index in [1.165, 1.54) is 11.4 Å². The Hall–Kier alpha value is -2.21. The van der Waals surface area contributed by atoms with Crippen molar-refractivity contribution in [1.29, 1.82) is 0 Å². The third kappa shape index (κ3) is 2.50. The van der Waals surface area contributed by atoms with Crippen molar-refractivity contribution in [3.8, 4) is 0 Å². The van der Waals surface area contributed by atoms with E-state index in [9.17, 15) is 0 Å². The molecule has 114 valence electrons. The van der Waals surface area contributed by atoms with Crippen molar-refractivity contribution in [1.82, 2.24) is 29.5 Å². The molecule has 0 radical (unpaired) electrons. The van der Waals surface area contributed by atoms with E-state index in [4.69, 9.17) is 4.98 Å². The Kier molecular flexibility index (Phi) is 3.38. The first-order chi connectivity index (χ1) is 10.8. The van der Waals surface area contributed by atoms with Crippen LogP contribution in [0.1, 0.15) is 35.8 Å². The quantitative estimate of drug-likeness (QED) is 0.804. The summed E-state index contributed by atoms with van der Waals surface area (Å²) in [5.74, 6) is 0.552. The molecule has 0 aromatic carbocycles. The number of aryl methyl sites for hydroxylation is 1. The molecule has 4 rings (SSSR count). The first-order valence-electron chi connectivity index (χ1n) is 7.80. The second-order valence-corrected chi connectivity index (χ2v) is 6.05. The lowest BCUT2D eigenvalue weighted by Crippen LogP contribution is -2.32. The van der Waals surface area contributed by atoms with Gasteiger partial charge in [0, 0.05) is 41.8 Å². The lowest BCUT2D eigenvalue weighted by Gasteiger charge is -2.31. The van der Waals surface area contributed by atoms with Gasteiger partial charge < -0.3 is 4.98 Å². The lowest BCUT2D eigenvalue weighted by atomic mass is 9.93. The summed E-state index contributed by atoms with van der Waals surface area (Å²) in [6.07, 6.45) is 7.78. The number of nitrogens with zero attached hydrogens (tertiary/aromatic N) is 5. The number of aromatic nitrogens is 5. The summed E-state index contributed by atoms with van der Waals surface area (Å²) >= 11 is 0. The third-order valence-corrected chi connectivity index (χ3v) is 4.51. The second-order valence-electron chi connectivity index (χ2n) is 6.05. The van der Waals surface area contributed by atoms with Crippen LogP contribution >= 0.6 is 0 Å². The Morgan fingerprint density at radius 3 is 2.95 bits per heavy atom. The van der Waals surface area contributed by atoms with Gasteiger partial charge >= 0.3 is 0 Å². The van der Waals surface area contributed by atoms with Gasteiger partial charge in [0.25, 0.3) is 0 Å². The van der Waals surface area contributed by atoms with Crippen LogP contribution in [0.15, 0.2) is 30.9 Å². The highest BCUT2D eigenvalue weighted by Gasteiger charge is 2.22. The van der Waals surface area contributed by atoms with Crippen molar-refractivity contribution in [3.63, 3.8) is 0 Å². The molecule has 0 unspecified atom stereocenters. The van der Waals surface area contributed by atoms with Gasteiger partial charge in [-0.1, -0.05) is 0 Å². The zero-order valence-electron chi connectivity index (χ0n) is 12.7. The minimum Gasteiger partial charge on any atom is -0.347 e. The fourth-order valence-electron chi connectivity index (χ4n) is 3.30. The van der Waals surface area contributed by atoms with Crippen molar-refractivity contribution in [2.24, 2.45) is 0 Å². The zero-order chi connectivity index (χ0) is 14.9. The molecule has 3 aromatic rings. The minimum atomic E-state index is 0.552. The van der Waals surface area contributed by atoms with Gasteiger partial charge in [-0.15, -0.1) is 0 Å². The van der Waals surface area contributed by atoms with Crippen molar-refractivity contribution >= 4 is 5.65 Å². The van der Waals surface area contributed by atoms with Crippen molar-refractivity contribution in [3.05, 3.63) is 47.9 Å². The maximum absolute atomic E-state index is 4.79. The first-order valence-corrected chi connectivity index (χ1v) is 7.80. The number of hydrogen-bond acceptors (Lipinski definition) is 4. The van der Waals surface area contributed by atoms with Crippen LogP contribution < -0.4 is 0 Å². The number of H-pyrrole nitrogens is 1. The molecular formula is C16H20N6. The van der Waals surface area contributed by atoms with Gasteiger partial charge in [-0.2, -0.15) is 5.10 Å². The van der Waals surface area contributed by atoms with Gasteiger partial charge in [-0.3, -0.25) is 4.90 Å². The Morgan fingerprint density at radius 2 is 2.18 bits per heavy atom. The molecule has 1 saturated heterocycles. The van der Waals surface area contributed by atoms with E-state index >= 15 is 0 Å². The van der Waals surface area contributed by atoms with Crippen LogP contribution in [-0.4, -0.2) is 42.6 Å². The molecule has 1 fully saturated rings. The van der Waals surface area contributed by atoms with Gasteiger partial charge in [-0.25, -0.2) is 14.5 Å². The molecule has 0 saturated carbocycles. The van der Waals surface area contributed by atoms with Crippen LogP contribution in [-0.2, 0) is 6.54 Å². The summed E-state index contributed by atoms with van der Waals surface area (Å²) in [6, 6.07) is 4.17. The Bertz CT molecular complexity index is 752. The number of imidazole rings is 1. The van der Waals surface area contributed by atoms with E-state index in [1.807, 2.05) is 23.0 Å². The molecule has 6 heteroatoms. The van der Waals surface area contributed by atoms with Crippen LogP contribution in [0.25, 0.3) is 5.65 Å². The molecule has 4 heterocycles.